The predicted octanol–water partition coefficient (Wildman–Crippen LogP) is 2.35. The molecule has 0 radical (unpaired) electrons. The molecular formula is C18H18N2O3. The molecular weight excluding hydrogens is 292 g/mol. The lowest BCUT2D eigenvalue weighted by Gasteiger charge is -2.05. The van der Waals surface area contributed by atoms with Crippen molar-refractivity contribution in [2.24, 2.45) is 0 Å². The Balaban J connectivity index is 1.70. The molecule has 2 aromatic rings. The van der Waals surface area contributed by atoms with Gasteiger partial charge in [-0.3, -0.25) is 4.79 Å². The quantitative estimate of drug-likeness (QED) is 0.672. The lowest BCUT2D eigenvalue weighted by Crippen LogP contribution is -2.24. The van der Waals surface area contributed by atoms with Crippen LogP contribution in [0.2, 0.25) is 0 Å². The summed E-state index contributed by atoms with van der Waals surface area (Å²) in [5, 5.41) is 2.64. The number of rotatable bonds is 4. The molecule has 0 saturated carbocycles. The number of aromatic amines is 1. The van der Waals surface area contributed by atoms with Crippen LogP contribution < -0.4 is 10.9 Å². The number of hydrogen-bond acceptors (Lipinski definition) is 3. The maximum Gasteiger partial charge on any atom is 0.407 e. The number of nitrogens with one attached hydrogen (secondary N) is 2. The molecule has 118 valence electrons. The van der Waals surface area contributed by atoms with E-state index in [-0.39, 0.29) is 12.2 Å². The lowest BCUT2D eigenvalue weighted by molar-refractivity contribution is 0.140. The van der Waals surface area contributed by atoms with Gasteiger partial charge in [-0.1, -0.05) is 42.2 Å². The predicted molar refractivity (Wildman–Crippen MR) is 87.9 cm³/mol. The number of ether oxygens (including phenoxy) is 1. The van der Waals surface area contributed by atoms with Gasteiger partial charge in [-0.15, -0.1) is 0 Å². The van der Waals surface area contributed by atoms with Crippen LogP contribution >= 0.6 is 0 Å². The van der Waals surface area contributed by atoms with Crippen LogP contribution in [0, 0.1) is 18.8 Å². The normalized spacial score (nSPS) is 9.61. The van der Waals surface area contributed by atoms with Gasteiger partial charge in [-0.25, -0.2) is 4.79 Å². The Morgan fingerprint density at radius 2 is 2.00 bits per heavy atom. The first-order valence-corrected chi connectivity index (χ1v) is 7.28. The molecule has 0 fully saturated rings. The van der Waals surface area contributed by atoms with Gasteiger partial charge in [0.25, 0.3) is 0 Å². The fourth-order valence-electron chi connectivity index (χ4n) is 1.87. The number of H-pyrrole nitrogens is 1. The second-order valence-electron chi connectivity index (χ2n) is 4.90. The summed E-state index contributed by atoms with van der Waals surface area (Å²) < 4.78 is 5.09. The van der Waals surface area contributed by atoms with Gasteiger partial charge < -0.3 is 15.0 Å². The summed E-state index contributed by atoms with van der Waals surface area (Å²) in [6.45, 7) is 2.45. The molecule has 0 spiro atoms. The SMILES string of the molecule is Cc1[nH]c(=O)ccc1C#CCCNC(=O)OCc1ccccc1. The van der Waals surface area contributed by atoms with E-state index < -0.39 is 6.09 Å². The Hall–Kier alpha value is -3.00. The van der Waals surface area contributed by atoms with Crippen LogP contribution in [0.15, 0.2) is 47.3 Å². The van der Waals surface area contributed by atoms with Gasteiger partial charge in [-0.2, -0.15) is 0 Å². The summed E-state index contributed by atoms with van der Waals surface area (Å²) in [4.78, 5) is 25.3. The molecule has 0 aliphatic rings. The Kier molecular flexibility index (Phi) is 6.01. The average Bonchev–Trinajstić information content (AvgIpc) is 2.55. The monoisotopic (exact) mass is 310 g/mol. The minimum atomic E-state index is -0.462. The number of pyridine rings is 1. The zero-order chi connectivity index (χ0) is 16.5. The molecule has 0 aliphatic heterocycles. The molecule has 1 amide bonds. The average molecular weight is 310 g/mol. The van der Waals surface area contributed by atoms with Crippen LogP contribution in [0.1, 0.15) is 23.2 Å². The number of alkyl carbamates (subject to hydrolysis) is 1. The summed E-state index contributed by atoms with van der Waals surface area (Å²) in [6.07, 6.45) is 0.0369. The summed E-state index contributed by atoms with van der Waals surface area (Å²) in [5.74, 6) is 5.91. The lowest BCUT2D eigenvalue weighted by atomic mass is 10.2. The number of amides is 1. The largest absolute Gasteiger partial charge is 0.445 e. The number of aromatic nitrogens is 1. The molecule has 23 heavy (non-hydrogen) atoms. The van der Waals surface area contributed by atoms with Crippen molar-refractivity contribution in [3.63, 3.8) is 0 Å². The molecule has 0 aliphatic carbocycles. The van der Waals surface area contributed by atoms with Gasteiger partial charge in [0.2, 0.25) is 5.56 Å². The Bertz CT molecular complexity index is 770. The van der Waals surface area contributed by atoms with E-state index in [9.17, 15) is 9.59 Å². The fraction of sp³-hybridized carbons (Fsp3) is 0.222. The van der Waals surface area contributed by atoms with Gasteiger partial charge in [-0.05, 0) is 18.6 Å². The summed E-state index contributed by atoms with van der Waals surface area (Å²) in [7, 11) is 0. The first-order chi connectivity index (χ1) is 11.1. The van der Waals surface area contributed by atoms with Crippen molar-refractivity contribution in [1.29, 1.82) is 0 Å². The van der Waals surface area contributed by atoms with E-state index in [1.165, 1.54) is 6.07 Å². The number of aryl methyl sites for hydroxylation is 1. The maximum atomic E-state index is 11.5. The first kappa shape index (κ1) is 16.4. The van der Waals surface area contributed by atoms with E-state index in [0.29, 0.717) is 13.0 Å². The zero-order valence-electron chi connectivity index (χ0n) is 12.9. The van der Waals surface area contributed by atoms with Crippen molar-refractivity contribution < 1.29 is 9.53 Å². The van der Waals surface area contributed by atoms with E-state index >= 15 is 0 Å². The van der Waals surface area contributed by atoms with Crippen molar-refractivity contribution in [3.05, 3.63) is 69.6 Å². The van der Waals surface area contributed by atoms with E-state index in [2.05, 4.69) is 22.1 Å². The van der Waals surface area contributed by atoms with E-state index in [1.807, 2.05) is 30.3 Å². The number of carbonyl (C=O) groups is 1. The van der Waals surface area contributed by atoms with Crippen molar-refractivity contribution in [2.75, 3.05) is 6.54 Å². The van der Waals surface area contributed by atoms with Gasteiger partial charge in [0.1, 0.15) is 6.61 Å². The third kappa shape index (κ3) is 5.71. The third-order valence-corrected chi connectivity index (χ3v) is 3.07. The third-order valence-electron chi connectivity index (χ3n) is 3.07. The van der Waals surface area contributed by atoms with E-state index in [1.54, 1.807) is 13.0 Å². The molecule has 0 unspecified atom stereocenters. The number of benzene rings is 1. The molecule has 5 heteroatoms. The summed E-state index contributed by atoms with van der Waals surface area (Å²) >= 11 is 0. The molecule has 1 aromatic heterocycles. The highest BCUT2D eigenvalue weighted by molar-refractivity contribution is 5.67. The van der Waals surface area contributed by atoms with Gasteiger partial charge in [0.15, 0.2) is 0 Å². The van der Waals surface area contributed by atoms with Crippen molar-refractivity contribution in [3.8, 4) is 11.8 Å². The Labute approximate surface area is 134 Å². The smallest absolute Gasteiger partial charge is 0.407 e. The van der Waals surface area contributed by atoms with Crippen LogP contribution in [0.4, 0.5) is 4.79 Å². The number of hydrogen-bond donors (Lipinski definition) is 2. The Morgan fingerprint density at radius 1 is 1.22 bits per heavy atom. The van der Waals surface area contributed by atoms with Crippen molar-refractivity contribution >= 4 is 6.09 Å². The minimum absolute atomic E-state index is 0.143. The van der Waals surface area contributed by atoms with E-state index in [4.69, 9.17) is 4.74 Å². The van der Waals surface area contributed by atoms with Crippen LogP contribution in [0.3, 0.4) is 0 Å². The highest BCUT2D eigenvalue weighted by Gasteiger charge is 2.00. The Morgan fingerprint density at radius 3 is 2.74 bits per heavy atom. The minimum Gasteiger partial charge on any atom is -0.445 e. The molecule has 0 atom stereocenters. The van der Waals surface area contributed by atoms with Crippen molar-refractivity contribution in [1.82, 2.24) is 10.3 Å². The molecule has 2 N–H and O–H groups in total. The van der Waals surface area contributed by atoms with Crippen LogP contribution in [0.5, 0.6) is 0 Å². The molecule has 0 saturated heterocycles. The van der Waals surface area contributed by atoms with Crippen molar-refractivity contribution in [2.45, 2.75) is 20.0 Å². The van der Waals surface area contributed by atoms with Crippen LogP contribution in [-0.2, 0) is 11.3 Å². The molecule has 2 rings (SSSR count). The van der Waals surface area contributed by atoms with Crippen LogP contribution in [0.25, 0.3) is 0 Å². The van der Waals surface area contributed by atoms with Gasteiger partial charge in [0, 0.05) is 30.3 Å². The summed E-state index contributed by atoms with van der Waals surface area (Å²) in [5.41, 5.74) is 2.31. The maximum absolute atomic E-state index is 11.5. The molecule has 1 aromatic carbocycles. The van der Waals surface area contributed by atoms with Crippen LogP contribution in [-0.4, -0.2) is 17.6 Å². The standard InChI is InChI=1S/C18H18N2O3/c1-14-16(10-11-17(21)20-14)9-5-6-12-19-18(22)23-13-15-7-3-2-4-8-15/h2-4,7-8,10-11H,6,12-13H2,1H3,(H,19,22)(H,20,21). The summed E-state index contributed by atoms with van der Waals surface area (Å²) in [6, 6.07) is 12.6. The second-order valence-corrected chi connectivity index (χ2v) is 4.90. The topological polar surface area (TPSA) is 71.2 Å². The first-order valence-electron chi connectivity index (χ1n) is 7.28. The number of carbonyl (C=O) groups excluding carboxylic acids is 1. The molecule has 1 heterocycles. The molecule has 0 bridgehead atoms. The second kappa shape index (κ2) is 8.44. The van der Waals surface area contributed by atoms with Gasteiger partial charge >= 0.3 is 6.09 Å². The molecule has 5 nitrogen and oxygen atoms in total. The van der Waals surface area contributed by atoms with E-state index in [0.717, 1.165) is 16.8 Å². The fourth-order valence-corrected chi connectivity index (χ4v) is 1.87. The highest BCUT2D eigenvalue weighted by Crippen LogP contribution is 2.00. The van der Waals surface area contributed by atoms with Gasteiger partial charge in [0.05, 0.1) is 0 Å². The zero-order valence-corrected chi connectivity index (χ0v) is 12.9. The highest BCUT2D eigenvalue weighted by atomic mass is 16.5.